The number of halogens is 1. The van der Waals surface area contributed by atoms with Crippen molar-refractivity contribution in [2.24, 2.45) is 5.73 Å². The Morgan fingerprint density at radius 2 is 2.04 bits per heavy atom. The van der Waals surface area contributed by atoms with Crippen LogP contribution in [0.1, 0.15) is 50.9 Å². The molecule has 7 heteroatoms. The summed E-state index contributed by atoms with van der Waals surface area (Å²) in [6.07, 6.45) is 4.29. The predicted octanol–water partition coefficient (Wildman–Crippen LogP) is 1.92. The van der Waals surface area contributed by atoms with Crippen LogP contribution in [0.15, 0.2) is 30.5 Å². The summed E-state index contributed by atoms with van der Waals surface area (Å²) < 4.78 is 0. The predicted molar refractivity (Wildman–Crippen MR) is 90.6 cm³/mol. The molecule has 6 nitrogen and oxygen atoms in total. The second kappa shape index (κ2) is 6.75. The van der Waals surface area contributed by atoms with Crippen LogP contribution in [0.3, 0.4) is 0 Å². The molecule has 2 amide bonds. The molecular formula is C16H19ClN4O2. The van der Waals surface area contributed by atoms with Gasteiger partial charge in [0.25, 0.3) is 5.91 Å². The van der Waals surface area contributed by atoms with Crippen molar-refractivity contribution in [3.8, 4) is 0 Å². The molecule has 23 heavy (non-hydrogen) atoms. The van der Waals surface area contributed by atoms with Gasteiger partial charge < -0.3 is 21.8 Å². The summed E-state index contributed by atoms with van der Waals surface area (Å²) in [5, 5.41) is 3.00. The molecule has 6 N–H and O–H groups in total. The van der Waals surface area contributed by atoms with Gasteiger partial charge in [0.2, 0.25) is 5.91 Å². The number of aromatic amines is 1. The van der Waals surface area contributed by atoms with Crippen molar-refractivity contribution in [3.05, 3.63) is 52.8 Å². The number of nitrogen functional groups attached to an aromatic ring is 1. The standard InChI is InChI=1S/C16H18N4O2.ClH/c17-11-4-5-12-9(6-11)2-1-3-13(12)20-16(22)14-7-10(8-19-14)15(18)21;/h4-8,13,19H,1-3,17H2,(H2,18,21)(H,20,22);1H. The van der Waals surface area contributed by atoms with Crippen LogP contribution < -0.4 is 16.8 Å². The summed E-state index contributed by atoms with van der Waals surface area (Å²) in [6, 6.07) is 7.21. The lowest BCUT2D eigenvalue weighted by atomic mass is 9.87. The maximum atomic E-state index is 12.3. The molecule has 1 aromatic heterocycles. The third kappa shape index (κ3) is 3.48. The second-order valence-corrected chi connectivity index (χ2v) is 5.54. The first-order valence-electron chi connectivity index (χ1n) is 7.22. The lowest BCUT2D eigenvalue weighted by Crippen LogP contribution is -2.31. The minimum atomic E-state index is -0.561. The van der Waals surface area contributed by atoms with Crippen LogP contribution in [0.2, 0.25) is 0 Å². The molecule has 1 aromatic carbocycles. The Hall–Kier alpha value is -2.47. The Balaban J connectivity index is 0.00000192. The first-order chi connectivity index (χ1) is 10.5. The number of benzene rings is 1. The van der Waals surface area contributed by atoms with Gasteiger partial charge in [-0.15, -0.1) is 12.4 Å². The van der Waals surface area contributed by atoms with Crippen LogP contribution in [0.5, 0.6) is 0 Å². The Kier molecular flexibility index (Phi) is 4.95. The molecule has 122 valence electrons. The molecule has 3 rings (SSSR count). The summed E-state index contributed by atoms with van der Waals surface area (Å²) in [5.41, 5.74) is 14.6. The van der Waals surface area contributed by atoms with Crippen molar-refractivity contribution in [2.45, 2.75) is 25.3 Å². The highest BCUT2D eigenvalue weighted by molar-refractivity contribution is 5.98. The zero-order valence-electron chi connectivity index (χ0n) is 12.5. The molecule has 1 aliphatic rings. The first-order valence-corrected chi connectivity index (χ1v) is 7.22. The lowest BCUT2D eigenvalue weighted by Gasteiger charge is -2.26. The quantitative estimate of drug-likeness (QED) is 0.643. The van der Waals surface area contributed by atoms with E-state index in [9.17, 15) is 9.59 Å². The fourth-order valence-corrected chi connectivity index (χ4v) is 2.89. The van der Waals surface area contributed by atoms with E-state index in [1.165, 1.54) is 17.8 Å². The van der Waals surface area contributed by atoms with Crippen molar-refractivity contribution in [1.29, 1.82) is 0 Å². The van der Waals surface area contributed by atoms with E-state index in [4.69, 9.17) is 11.5 Å². The molecule has 1 unspecified atom stereocenters. The molecule has 1 heterocycles. The Morgan fingerprint density at radius 3 is 2.74 bits per heavy atom. The maximum Gasteiger partial charge on any atom is 0.268 e. The van der Waals surface area contributed by atoms with Crippen molar-refractivity contribution in [3.63, 3.8) is 0 Å². The van der Waals surface area contributed by atoms with E-state index in [1.807, 2.05) is 18.2 Å². The highest BCUT2D eigenvalue weighted by Crippen LogP contribution is 2.31. The summed E-state index contributed by atoms with van der Waals surface area (Å²) in [7, 11) is 0. The molecule has 1 aliphatic carbocycles. The van der Waals surface area contributed by atoms with Gasteiger partial charge in [-0.05, 0) is 48.6 Å². The number of carbonyl (C=O) groups is 2. The van der Waals surface area contributed by atoms with Gasteiger partial charge in [-0.25, -0.2) is 0 Å². The number of carbonyl (C=O) groups excluding carboxylic acids is 2. The van der Waals surface area contributed by atoms with Gasteiger partial charge >= 0.3 is 0 Å². The van der Waals surface area contributed by atoms with Gasteiger partial charge in [0.05, 0.1) is 11.6 Å². The number of anilines is 1. The molecule has 0 saturated heterocycles. The van der Waals surface area contributed by atoms with Gasteiger partial charge in [0.1, 0.15) is 5.69 Å². The van der Waals surface area contributed by atoms with E-state index in [-0.39, 0.29) is 24.4 Å². The third-order valence-electron chi connectivity index (χ3n) is 4.00. The topological polar surface area (TPSA) is 114 Å². The smallest absolute Gasteiger partial charge is 0.268 e. The summed E-state index contributed by atoms with van der Waals surface area (Å²) in [6.45, 7) is 0. The van der Waals surface area contributed by atoms with Crippen LogP contribution in [0, 0.1) is 0 Å². The van der Waals surface area contributed by atoms with E-state index in [0.717, 1.165) is 30.5 Å². The average molecular weight is 335 g/mol. The van der Waals surface area contributed by atoms with Gasteiger partial charge in [0, 0.05) is 11.9 Å². The van der Waals surface area contributed by atoms with Gasteiger partial charge in [-0.2, -0.15) is 0 Å². The SMILES string of the molecule is Cl.NC(=O)c1c[nH]c(C(=O)NC2CCCc3cc(N)ccc32)c1. The van der Waals surface area contributed by atoms with Crippen molar-refractivity contribution < 1.29 is 9.59 Å². The normalized spacial score (nSPS) is 16.1. The van der Waals surface area contributed by atoms with E-state index in [0.29, 0.717) is 11.3 Å². The number of fused-ring (bicyclic) bond motifs is 1. The fraction of sp³-hybridized carbons (Fsp3) is 0.250. The number of aryl methyl sites for hydroxylation is 1. The number of hydrogen-bond donors (Lipinski definition) is 4. The Morgan fingerprint density at radius 1 is 1.26 bits per heavy atom. The Labute approximate surface area is 140 Å². The number of nitrogens with one attached hydrogen (secondary N) is 2. The highest BCUT2D eigenvalue weighted by Gasteiger charge is 2.23. The zero-order valence-corrected chi connectivity index (χ0v) is 13.3. The summed E-state index contributed by atoms with van der Waals surface area (Å²) in [5.74, 6) is -0.809. The zero-order chi connectivity index (χ0) is 15.7. The minimum Gasteiger partial charge on any atom is -0.399 e. The molecule has 1 atom stereocenters. The summed E-state index contributed by atoms with van der Waals surface area (Å²) in [4.78, 5) is 26.2. The Bertz CT molecular complexity index is 741. The highest BCUT2D eigenvalue weighted by atomic mass is 35.5. The number of hydrogen-bond acceptors (Lipinski definition) is 3. The van der Waals surface area contributed by atoms with Gasteiger partial charge in [-0.3, -0.25) is 9.59 Å². The van der Waals surface area contributed by atoms with Gasteiger partial charge in [0.15, 0.2) is 0 Å². The molecule has 2 aromatic rings. The van der Waals surface area contributed by atoms with Crippen LogP contribution >= 0.6 is 12.4 Å². The fourth-order valence-electron chi connectivity index (χ4n) is 2.89. The number of primary amides is 1. The van der Waals surface area contributed by atoms with Crippen molar-refractivity contribution >= 4 is 29.9 Å². The molecule has 0 fully saturated rings. The molecule has 0 aliphatic heterocycles. The minimum absolute atomic E-state index is 0. The van der Waals surface area contributed by atoms with Crippen molar-refractivity contribution in [1.82, 2.24) is 10.3 Å². The molecule has 0 saturated carbocycles. The third-order valence-corrected chi connectivity index (χ3v) is 4.00. The van der Waals surface area contributed by atoms with Crippen molar-refractivity contribution in [2.75, 3.05) is 5.73 Å². The molecule has 0 radical (unpaired) electrons. The average Bonchev–Trinajstić information content (AvgIpc) is 2.97. The van der Waals surface area contributed by atoms with E-state index >= 15 is 0 Å². The van der Waals surface area contributed by atoms with E-state index in [2.05, 4.69) is 10.3 Å². The number of amides is 2. The lowest BCUT2D eigenvalue weighted by molar-refractivity contribution is 0.0928. The van der Waals surface area contributed by atoms with Crippen LogP contribution in [0.4, 0.5) is 5.69 Å². The monoisotopic (exact) mass is 334 g/mol. The number of rotatable bonds is 3. The van der Waals surface area contributed by atoms with Gasteiger partial charge in [-0.1, -0.05) is 6.07 Å². The van der Waals surface area contributed by atoms with Crippen LogP contribution in [-0.2, 0) is 6.42 Å². The number of aromatic nitrogens is 1. The summed E-state index contributed by atoms with van der Waals surface area (Å²) >= 11 is 0. The maximum absolute atomic E-state index is 12.3. The molecule has 0 bridgehead atoms. The van der Waals surface area contributed by atoms with Crippen LogP contribution in [-0.4, -0.2) is 16.8 Å². The second-order valence-electron chi connectivity index (χ2n) is 5.54. The number of nitrogens with two attached hydrogens (primary N) is 2. The van der Waals surface area contributed by atoms with Crippen LogP contribution in [0.25, 0.3) is 0 Å². The molecular weight excluding hydrogens is 316 g/mol. The number of H-pyrrole nitrogens is 1. The molecule has 0 spiro atoms. The first kappa shape index (κ1) is 16.9. The van der Waals surface area contributed by atoms with E-state index < -0.39 is 5.91 Å². The largest absolute Gasteiger partial charge is 0.399 e. The van der Waals surface area contributed by atoms with E-state index in [1.54, 1.807) is 0 Å².